The number of hydrogen-bond acceptors (Lipinski definition) is 2. The highest BCUT2D eigenvalue weighted by atomic mass is 127. The first-order valence-electron chi connectivity index (χ1n) is 4.35. The fourth-order valence-electron chi connectivity index (χ4n) is 1.32. The first kappa shape index (κ1) is 10.6. The largest absolute Gasteiger partial charge is 0.466 e. The van der Waals surface area contributed by atoms with Crippen molar-refractivity contribution < 1.29 is 13.9 Å². The molecule has 1 atom stereocenters. The van der Waals surface area contributed by atoms with Crippen LogP contribution in [0, 0.1) is 9.39 Å². The summed E-state index contributed by atoms with van der Waals surface area (Å²) in [6, 6.07) is 7.65. The maximum atomic E-state index is 12.8. The van der Waals surface area contributed by atoms with E-state index in [9.17, 15) is 9.50 Å². The summed E-state index contributed by atoms with van der Waals surface area (Å²) in [6.07, 6.45) is 0.655. The molecule has 0 aliphatic carbocycles. The fourth-order valence-corrected chi connectivity index (χ4v) is 2.10. The SMILES string of the molecule is OC(c1ccco1)c1ccc(F)cc1I. The molecular formula is C11H8FIO2. The molecule has 2 rings (SSSR count). The molecule has 2 aromatic rings. The normalized spacial score (nSPS) is 12.7. The van der Waals surface area contributed by atoms with Crippen molar-refractivity contribution in [1.29, 1.82) is 0 Å². The van der Waals surface area contributed by atoms with Crippen LogP contribution in [-0.2, 0) is 0 Å². The van der Waals surface area contributed by atoms with Crippen LogP contribution in [0.2, 0.25) is 0 Å². The Kier molecular flexibility index (Phi) is 3.06. The molecule has 15 heavy (non-hydrogen) atoms. The van der Waals surface area contributed by atoms with Crippen LogP contribution in [0.15, 0.2) is 41.0 Å². The Morgan fingerprint density at radius 1 is 1.33 bits per heavy atom. The van der Waals surface area contributed by atoms with Gasteiger partial charge in [0, 0.05) is 9.13 Å². The van der Waals surface area contributed by atoms with Gasteiger partial charge in [-0.2, -0.15) is 0 Å². The van der Waals surface area contributed by atoms with Crippen LogP contribution in [-0.4, -0.2) is 5.11 Å². The molecule has 0 aliphatic heterocycles. The van der Waals surface area contributed by atoms with Crippen molar-refractivity contribution in [1.82, 2.24) is 0 Å². The minimum atomic E-state index is -0.840. The van der Waals surface area contributed by atoms with Crippen molar-refractivity contribution >= 4 is 22.6 Å². The summed E-state index contributed by atoms with van der Waals surface area (Å²) in [6.45, 7) is 0. The van der Waals surface area contributed by atoms with Gasteiger partial charge < -0.3 is 9.52 Å². The fraction of sp³-hybridized carbons (Fsp3) is 0.0909. The van der Waals surface area contributed by atoms with Gasteiger partial charge in [0.05, 0.1) is 6.26 Å². The Labute approximate surface area is 99.9 Å². The molecule has 1 heterocycles. The number of aliphatic hydroxyl groups excluding tert-OH is 1. The number of furan rings is 1. The number of hydrogen-bond donors (Lipinski definition) is 1. The average molecular weight is 318 g/mol. The first-order chi connectivity index (χ1) is 7.18. The Hall–Kier alpha value is -0.880. The zero-order valence-corrected chi connectivity index (χ0v) is 9.81. The van der Waals surface area contributed by atoms with Crippen LogP contribution in [0.25, 0.3) is 0 Å². The summed E-state index contributed by atoms with van der Waals surface area (Å²) in [7, 11) is 0. The topological polar surface area (TPSA) is 33.4 Å². The quantitative estimate of drug-likeness (QED) is 0.863. The molecule has 0 radical (unpaired) electrons. The van der Waals surface area contributed by atoms with E-state index in [1.54, 1.807) is 18.2 Å². The Balaban J connectivity index is 2.38. The molecule has 2 nitrogen and oxygen atoms in total. The Morgan fingerprint density at radius 2 is 2.13 bits per heavy atom. The van der Waals surface area contributed by atoms with Crippen molar-refractivity contribution in [2.75, 3.05) is 0 Å². The molecular weight excluding hydrogens is 310 g/mol. The Morgan fingerprint density at radius 3 is 2.73 bits per heavy atom. The van der Waals surface area contributed by atoms with Gasteiger partial charge in [-0.15, -0.1) is 0 Å². The average Bonchev–Trinajstić information content (AvgIpc) is 2.69. The van der Waals surface area contributed by atoms with E-state index in [1.807, 2.05) is 22.6 Å². The molecule has 78 valence electrons. The summed E-state index contributed by atoms with van der Waals surface area (Å²) in [5.74, 6) is 0.148. The lowest BCUT2D eigenvalue weighted by Gasteiger charge is -2.10. The second-order valence-electron chi connectivity index (χ2n) is 3.08. The molecule has 0 fully saturated rings. The maximum absolute atomic E-state index is 12.8. The van der Waals surface area contributed by atoms with E-state index in [-0.39, 0.29) is 5.82 Å². The lowest BCUT2D eigenvalue weighted by molar-refractivity contribution is 0.188. The predicted octanol–water partition coefficient (Wildman–Crippen LogP) is 3.11. The van der Waals surface area contributed by atoms with E-state index >= 15 is 0 Å². The third kappa shape index (κ3) is 2.21. The van der Waals surface area contributed by atoms with Crippen molar-refractivity contribution in [3.8, 4) is 0 Å². The van der Waals surface area contributed by atoms with Crippen molar-refractivity contribution in [3.05, 3.63) is 57.3 Å². The van der Waals surface area contributed by atoms with Crippen LogP contribution in [0.5, 0.6) is 0 Å². The first-order valence-corrected chi connectivity index (χ1v) is 5.43. The number of halogens is 2. The predicted molar refractivity (Wildman–Crippen MR) is 61.9 cm³/mol. The van der Waals surface area contributed by atoms with E-state index in [0.29, 0.717) is 14.9 Å². The Bertz CT molecular complexity index is 454. The van der Waals surface area contributed by atoms with Crippen LogP contribution < -0.4 is 0 Å². The van der Waals surface area contributed by atoms with Crippen molar-refractivity contribution in [2.45, 2.75) is 6.10 Å². The van der Waals surface area contributed by atoms with Crippen molar-refractivity contribution in [2.24, 2.45) is 0 Å². The zero-order valence-electron chi connectivity index (χ0n) is 7.65. The molecule has 1 aromatic heterocycles. The van der Waals surface area contributed by atoms with Crippen LogP contribution in [0.4, 0.5) is 4.39 Å². The number of aliphatic hydroxyl groups is 1. The smallest absolute Gasteiger partial charge is 0.138 e. The van der Waals surface area contributed by atoms with Crippen LogP contribution >= 0.6 is 22.6 Å². The minimum absolute atomic E-state index is 0.310. The summed E-state index contributed by atoms with van der Waals surface area (Å²) in [5, 5.41) is 9.93. The highest BCUT2D eigenvalue weighted by Crippen LogP contribution is 2.26. The molecule has 1 unspecified atom stereocenters. The molecule has 0 bridgehead atoms. The standard InChI is InChI=1S/C11H8FIO2/c12-7-3-4-8(9(13)6-7)11(14)10-2-1-5-15-10/h1-6,11,14H. The maximum Gasteiger partial charge on any atom is 0.138 e. The van der Waals surface area contributed by atoms with E-state index in [4.69, 9.17) is 4.42 Å². The lowest BCUT2D eigenvalue weighted by atomic mass is 10.1. The van der Waals surface area contributed by atoms with Gasteiger partial charge in [0.2, 0.25) is 0 Å². The van der Waals surface area contributed by atoms with E-state index < -0.39 is 6.10 Å². The van der Waals surface area contributed by atoms with E-state index in [1.165, 1.54) is 18.4 Å². The lowest BCUT2D eigenvalue weighted by Crippen LogP contribution is -2.00. The van der Waals surface area contributed by atoms with Crippen molar-refractivity contribution in [3.63, 3.8) is 0 Å². The molecule has 1 aromatic carbocycles. The van der Waals surface area contributed by atoms with Gasteiger partial charge in [-0.1, -0.05) is 6.07 Å². The summed E-state index contributed by atoms with van der Waals surface area (Å²) in [5.41, 5.74) is 0.645. The van der Waals surface area contributed by atoms with Gasteiger partial charge in [-0.25, -0.2) is 4.39 Å². The second kappa shape index (κ2) is 4.32. The summed E-state index contributed by atoms with van der Waals surface area (Å²) < 4.78 is 18.6. The number of rotatable bonds is 2. The monoisotopic (exact) mass is 318 g/mol. The second-order valence-corrected chi connectivity index (χ2v) is 4.25. The van der Waals surface area contributed by atoms with E-state index in [0.717, 1.165) is 0 Å². The van der Waals surface area contributed by atoms with Gasteiger partial charge in [0.15, 0.2) is 0 Å². The van der Waals surface area contributed by atoms with Gasteiger partial charge in [0.1, 0.15) is 17.7 Å². The van der Waals surface area contributed by atoms with E-state index in [2.05, 4.69) is 0 Å². The third-order valence-corrected chi connectivity index (χ3v) is 3.00. The summed E-state index contributed by atoms with van der Waals surface area (Å²) >= 11 is 1.98. The van der Waals surface area contributed by atoms with Gasteiger partial charge in [-0.05, 0) is 46.9 Å². The highest BCUT2D eigenvalue weighted by molar-refractivity contribution is 14.1. The molecule has 0 aliphatic rings. The minimum Gasteiger partial charge on any atom is -0.466 e. The molecule has 0 saturated carbocycles. The molecule has 1 N–H and O–H groups in total. The molecule has 0 amide bonds. The molecule has 0 saturated heterocycles. The van der Waals surface area contributed by atoms with Gasteiger partial charge in [0.25, 0.3) is 0 Å². The highest BCUT2D eigenvalue weighted by Gasteiger charge is 2.16. The zero-order chi connectivity index (χ0) is 10.8. The number of benzene rings is 1. The van der Waals surface area contributed by atoms with Gasteiger partial charge >= 0.3 is 0 Å². The third-order valence-electron chi connectivity index (χ3n) is 2.07. The molecule has 4 heteroatoms. The van der Waals surface area contributed by atoms with Crippen LogP contribution in [0.3, 0.4) is 0 Å². The van der Waals surface area contributed by atoms with Gasteiger partial charge in [-0.3, -0.25) is 0 Å². The summed E-state index contributed by atoms with van der Waals surface area (Å²) in [4.78, 5) is 0. The molecule has 0 spiro atoms. The van der Waals surface area contributed by atoms with Crippen LogP contribution in [0.1, 0.15) is 17.4 Å².